The average Bonchev–Trinajstić information content (AvgIpc) is 3.17. The topological polar surface area (TPSA) is 94.4 Å². The van der Waals surface area contributed by atoms with Crippen LogP contribution in [-0.2, 0) is 0 Å². The van der Waals surface area contributed by atoms with Gasteiger partial charge in [-0.25, -0.2) is 0 Å². The van der Waals surface area contributed by atoms with Crippen LogP contribution in [0, 0.1) is 10.1 Å². The number of amides is 1. The van der Waals surface area contributed by atoms with Crippen LogP contribution < -0.4 is 5.73 Å². The molecule has 3 rings (SSSR count). The van der Waals surface area contributed by atoms with Crippen LogP contribution in [0.15, 0.2) is 12.3 Å². The molecule has 0 atom stereocenters. The Balaban J connectivity index is 1.84. The van der Waals surface area contributed by atoms with Crippen LogP contribution in [0.5, 0.6) is 0 Å². The highest BCUT2D eigenvalue weighted by atomic mass is 16.6. The molecule has 1 aromatic heterocycles. The predicted octanol–water partition coefficient (Wildman–Crippen LogP) is 1.29. The molecule has 1 saturated carbocycles. The second-order valence-corrected chi connectivity index (χ2v) is 5.61. The molecule has 0 bridgehead atoms. The van der Waals surface area contributed by atoms with E-state index in [1.807, 2.05) is 0 Å². The molecule has 7 heteroatoms. The fraction of sp³-hybridized carbons (Fsp3) is 0.615. The molecule has 2 fully saturated rings. The molecule has 1 aromatic rings. The Morgan fingerprint density at radius 2 is 1.95 bits per heavy atom. The number of nitrogens with two attached hydrogens (primary N) is 1. The Kier molecular flexibility index (Phi) is 3.21. The van der Waals surface area contributed by atoms with E-state index in [4.69, 9.17) is 5.73 Å². The fourth-order valence-corrected chi connectivity index (χ4v) is 2.66. The van der Waals surface area contributed by atoms with Crippen molar-refractivity contribution >= 4 is 11.6 Å². The number of nitro groups is 1. The van der Waals surface area contributed by atoms with Crippen molar-refractivity contribution < 1.29 is 9.72 Å². The molecular weight excluding hydrogens is 260 g/mol. The molecule has 2 aliphatic rings. The molecule has 1 aliphatic carbocycles. The molecule has 20 heavy (non-hydrogen) atoms. The number of nitrogens with zero attached hydrogens (tertiary/aromatic N) is 3. The van der Waals surface area contributed by atoms with Crippen molar-refractivity contribution in [2.45, 2.75) is 37.8 Å². The van der Waals surface area contributed by atoms with E-state index < -0.39 is 4.92 Å². The van der Waals surface area contributed by atoms with E-state index in [-0.39, 0.29) is 23.7 Å². The monoisotopic (exact) mass is 278 g/mol. The van der Waals surface area contributed by atoms with Gasteiger partial charge in [-0.1, -0.05) is 0 Å². The molecule has 1 amide bonds. The van der Waals surface area contributed by atoms with Gasteiger partial charge in [0.15, 0.2) is 0 Å². The van der Waals surface area contributed by atoms with Gasteiger partial charge in [-0.05, 0) is 25.7 Å². The summed E-state index contributed by atoms with van der Waals surface area (Å²) in [4.78, 5) is 24.7. The summed E-state index contributed by atoms with van der Waals surface area (Å²) in [5.41, 5.74) is 6.27. The van der Waals surface area contributed by atoms with Gasteiger partial charge in [0.1, 0.15) is 5.69 Å². The van der Waals surface area contributed by atoms with Gasteiger partial charge in [-0.15, -0.1) is 0 Å². The zero-order chi connectivity index (χ0) is 14.3. The lowest BCUT2D eigenvalue weighted by atomic mass is 10.1. The first-order chi connectivity index (χ1) is 9.56. The smallest absolute Gasteiger partial charge is 0.287 e. The Labute approximate surface area is 116 Å². The highest BCUT2D eigenvalue weighted by molar-refractivity contribution is 5.93. The maximum Gasteiger partial charge on any atom is 0.287 e. The zero-order valence-electron chi connectivity index (χ0n) is 11.2. The van der Waals surface area contributed by atoms with Crippen molar-refractivity contribution in [1.82, 2.24) is 9.47 Å². The van der Waals surface area contributed by atoms with E-state index in [2.05, 4.69) is 0 Å². The minimum absolute atomic E-state index is 0.00559. The Hall–Kier alpha value is -1.89. The van der Waals surface area contributed by atoms with Crippen LogP contribution >= 0.6 is 0 Å². The molecule has 0 radical (unpaired) electrons. The van der Waals surface area contributed by atoms with E-state index in [0.717, 1.165) is 25.7 Å². The van der Waals surface area contributed by atoms with Gasteiger partial charge in [-0.2, -0.15) is 0 Å². The Morgan fingerprint density at radius 3 is 2.50 bits per heavy atom. The number of piperidine rings is 1. The molecule has 0 unspecified atom stereocenters. The highest BCUT2D eigenvalue weighted by Crippen LogP contribution is 2.38. The van der Waals surface area contributed by atoms with E-state index in [1.165, 1.54) is 12.3 Å². The van der Waals surface area contributed by atoms with Crippen molar-refractivity contribution in [1.29, 1.82) is 0 Å². The van der Waals surface area contributed by atoms with Gasteiger partial charge in [0, 0.05) is 31.2 Å². The second-order valence-electron chi connectivity index (χ2n) is 5.61. The maximum atomic E-state index is 12.5. The fourth-order valence-electron chi connectivity index (χ4n) is 2.66. The minimum atomic E-state index is -0.443. The average molecular weight is 278 g/mol. The first kappa shape index (κ1) is 13.1. The molecule has 7 nitrogen and oxygen atoms in total. The van der Waals surface area contributed by atoms with Gasteiger partial charge in [0.2, 0.25) is 0 Å². The Morgan fingerprint density at radius 1 is 1.30 bits per heavy atom. The summed E-state index contributed by atoms with van der Waals surface area (Å²) in [6, 6.07) is 1.80. The predicted molar refractivity (Wildman–Crippen MR) is 72.5 cm³/mol. The number of rotatable bonds is 3. The number of carbonyl (C=O) groups excluding carboxylic acids is 1. The first-order valence-corrected chi connectivity index (χ1v) is 6.97. The number of aromatic nitrogens is 1. The normalized spacial score (nSPS) is 20.1. The first-order valence-electron chi connectivity index (χ1n) is 6.97. The van der Waals surface area contributed by atoms with E-state index in [1.54, 1.807) is 9.47 Å². The summed E-state index contributed by atoms with van der Waals surface area (Å²) in [6.45, 7) is 1.26. The van der Waals surface area contributed by atoms with Gasteiger partial charge >= 0.3 is 0 Å². The summed E-state index contributed by atoms with van der Waals surface area (Å²) in [7, 11) is 0. The highest BCUT2D eigenvalue weighted by Gasteiger charge is 2.32. The molecule has 108 valence electrons. The minimum Gasteiger partial charge on any atom is -0.337 e. The standard InChI is InChI=1S/C13H18N4O3/c14-9-3-5-15(6-4-9)13(18)12-7-11(17(19)20)8-16(12)10-1-2-10/h7-10H,1-6,14H2. The summed E-state index contributed by atoms with van der Waals surface area (Å²) in [5, 5.41) is 10.9. The zero-order valence-corrected chi connectivity index (χ0v) is 11.2. The van der Waals surface area contributed by atoms with E-state index >= 15 is 0 Å². The third-order valence-electron chi connectivity index (χ3n) is 4.03. The van der Waals surface area contributed by atoms with Crippen LogP contribution in [0.3, 0.4) is 0 Å². The van der Waals surface area contributed by atoms with Crippen LogP contribution in [0.25, 0.3) is 0 Å². The molecule has 0 aromatic carbocycles. The van der Waals surface area contributed by atoms with Gasteiger partial charge in [-0.3, -0.25) is 14.9 Å². The third kappa shape index (κ3) is 2.40. The number of hydrogen-bond donors (Lipinski definition) is 1. The lowest BCUT2D eigenvalue weighted by Crippen LogP contribution is -2.43. The van der Waals surface area contributed by atoms with E-state index in [9.17, 15) is 14.9 Å². The van der Waals surface area contributed by atoms with Crippen molar-refractivity contribution in [2.24, 2.45) is 5.73 Å². The van der Waals surface area contributed by atoms with Crippen LogP contribution in [0.2, 0.25) is 0 Å². The van der Waals surface area contributed by atoms with Crippen molar-refractivity contribution in [3.63, 3.8) is 0 Å². The quantitative estimate of drug-likeness (QED) is 0.666. The molecule has 2 heterocycles. The van der Waals surface area contributed by atoms with Gasteiger partial charge in [0.05, 0.1) is 11.1 Å². The van der Waals surface area contributed by atoms with Gasteiger partial charge in [0.25, 0.3) is 11.6 Å². The molecule has 2 N–H and O–H groups in total. The van der Waals surface area contributed by atoms with Crippen molar-refractivity contribution in [2.75, 3.05) is 13.1 Å². The summed E-state index contributed by atoms with van der Waals surface area (Å²) in [6.07, 6.45) is 5.03. The second kappa shape index (κ2) is 4.90. The van der Waals surface area contributed by atoms with Crippen LogP contribution in [-0.4, -0.2) is 39.4 Å². The summed E-state index contributed by atoms with van der Waals surface area (Å²) >= 11 is 0. The molecule has 1 aliphatic heterocycles. The molecule has 0 spiro atoms. The lowest BCUT2D eigenvalue weighted by Gasteiger charge is -2.30. The summed E-state index contributed by atoms with van der Waals surface area (Å²) in [5.74, 6) is -0.114. The van der Waals surface area contributed by atoms with Crippen molar-refractivity contribution in [3.8, 4) is 0 Å². The van der Waals surface area contributed by atoms with Crippen LogP contribution in [0.4, 0.5) is 5.69 Å². The van der Waals surface area contributed by atoms with Crippen molar-refractivity contribution in [3.05, 3.63) is 28.1 Å². The Bertz CT molecular complexity index is 542. The molecular formula is C13H18N4O3. The number of hydrogen-bond acceptors (Lipinski definition) is 4. The number of carbonyl (C=O) groups is 1. The van der Waals surface area contributed by atoms with Crippen LogP contribution in [0.1, 0.15) is 42.2 Å². The SMILES string of the molecule is NC1CCN(C(=O)c2cc([N+](=O)[O-])cn2C2CC2)CC1. The third-order valence-corrected chi connectivity index (χ3v) is 4.03. The summed E-state index contributed by atoms with van der Waals surface area (Å²) < 4.78 is 1.77. The number of likely N-dealkylation sites (tertiary alicyclic amines) is 1. The maximum absolute atomic E-state index is 12.5. The molecule has 1 saturated heterocycles. The largest absolute Gasteiger partial charge is 0.337 e. The van der Waals surface area contributed by atoms with Gasteiger partial charge < -0.3 is 15.2 Å². The lowest BCUT2D eigenvalue weighted by molar-refractivity contribution is -0.384. The van der Waals surface area contributed by atoms with E-state index in [0.29, 0.717) is 18.8 Å².